The van der Waals surface area contributed by atoms with Gasteiger partial charge in [-0.25, -0.2) is 4.79 Å². The van der Waals surface area contributed by atoms with Crippen LogP contribution in [-0.2, 0) is 9.53 Å². The second-order valence-corrected chi connectivity index (χ2v) is 5.98. The summed E-state index contributed by atoms with van der Waals surface area (Å²) in [7, 11) is 0. The zero-order valence-electron chi connectivity index (χ0n) is 12.4. The number of carbonyl (C=O) groups is 2. The number of rotatable bonds is 3. The Morgan fingerprint density at radius 2 is 1.85 bits per heavy atom. The quantitative estimate of drug-likeness (QED) is 0.843. The van der Waals surface area contributed by atoms with Crippen molar-refractivity contribution in [2.75, 3.05) is 32.8 Å². The molecule has 2 rings (SSSR count). The molecule has 0 aromatic rings. The largest absolute Gasteiger partial charge is 0.481 e. The molecule has 2 saturated heterocycles. The topological polar surface area (TPSA) is 70.1 Å². The van der Waals surface area contributed by atoms with Gasteiger partial charge in [0.2, 0.25) is 0 Å². The van der Waals surface area contributed by atoms with Crippen LogP contribution in [0.3, 0.4) is 0 Å². The van der Waals surface area contributed by atoms with Crippen LogP contribution in [0.2, 0.25) is 0 Å². The molecule has 6 nitrogen and oxygen atoms in total. The van der Waals surface area contributed by atoms with Gasteiger partial charge in [-0.3, -0.25) is 4.79 Å². The lowest BCUT2D eigenvalue weighted by Crippen LogP contribution is -2.51. The summed E-state index contributed by atoms with van der Waals surface area (Å²) in [5.74, 6) is -0.515. The fourth-order valence-electron chi connectivity index (χ4n) is 3.07. The number of amides is 2. The van der Waals surface area contributed by atoms with Crippen molar-refractivity contribution in [1.29, 1.82) is 0 Å². The Morgan fingerprint density at radius 1 is 1.25 bits per heavy atom. The zero-order chi connectivity index (χ0) is 14.9. The van der Waals surface area contributed by atoms with Crippen LogP contribution in [0.4, 0.5) is 4.79 Å². The van der Waals surface area contributed by atoms with Crippen molar-refractivity contribution in [3.05, 3.63) is 0 Å². The number of likely N-dealkylation sites (tertiary alicyclic amines) is 1. The normalized spacial score (nSPS) is 33.5. The first-order chi connectivity index (χ1) is 9.45. The van der Waals surface area contributed by atoms with Crippen LogP contribution < -0.4 is 0 Å². The number of hydrogen-bond donors (Lipinski definition) is 1. The highest BCUT2D eigenvalue weighted by Crippen LogP contribution is 2.26. The third kappa shape index (κ3) is 2.75. The highest BCUT2D eigenvalue weighted by Gasteiger charge is 2.42. The molecule has 0 aromatic heterocycles. The van der Waals surface area contributed by atoms with Gasteiger partial charge in [0.15, 0.2) is 0 Å². The fourth-order valence-corrected chi connectivity index (χ4v) is 3.07. The van der Waals surface area contributed by atoms with Gasteiger partial charge in [-0.1, -0.05) is 13.8 Å². The van der Waals surface area contributed by atoms with Crippen LogP contribution in [0.5, 0.6) is 0 Å². The zero-order valence-corrected chi connectivity index (χ0v) is 12.4. The molecule has 2 aliphatic heterocycles. The lowest BCUT2D eigenvalue weighted by molar-refractivity contribution is -0.142. The standard InChI is InChI=1S/C14H24N2O4/c1-4-16(12-8-20-7-11(12)13(17)18)14(19)15-5-9(2)10(3)6-15/h9-12H,4-8H2,1-3H3,(H,17,18). The number of hydrogen-bond acceptors (Lipinski definition) is 3. The van der Waals surface area contributed by atoms with E-state index in [9.17, 15) is 14.7 Å². The third-order valence-electron chi connectivity index (χ3n) is 4.61. The summed E-state index contributed by atoms with van der Waals surface area (Å²) in [4.78, 5) is 27.4. The van der Waals surface area contributed by atoms with Crippen LogP contribution in [0.25, 0.3) is 0 Å². The average Bonchev–Trinajstić information content (AvgIpc) is 2.98. The number of aliphatic carboxylic acids is 1. The number of nitrogens with zero attached hydrogens (tertiary/aromatic N) is 2. The van der Waals surface area contributed by atoms with E-state index in [0.29, 0.717) is 25.0 Å². The van der Waals surface area contributed by atoms with Crippen LogP contribution in [-0.4, -0.2) is 65.8 Å². The second-order valence-electron chi connectivity index (χ2n) is 5.98. The van der Waals surface area contributed by atoms with E-state index in [-0.39, 0.29) is 18.7 Å². The van der Waals surface area contributed by atoms with E-state index in [1.165, 1.54) is 0 Å². The molecule has 4 unspecified atom stereocenters. The van der Waals surface area contributed by atoms with Gasteiger partial charge in [-0.05, 0) is 18.8 Å². The summed E-state index contributed by atoms with van der Waals surface area (Å²) in [6.45, 7) is 8.70. The van der Waals surface area contributed by atoms with Crippen LogP contribution >= 0.6 is 0 Å². The van der Waals surface area contributed by atoms with Gasteiger partial charge in [0, 0.05) is 19.6 Å². The SMILES string of the molecule is CCN(C(=O)N1CC(C)C(C)C1)C1COCC1C(=O)O. The molecule has 1 N–H and O–H groups in total. The Labute approximate surface area is 119 Å². The lowest BCUT2D eigenvalue weighted by Gasteiger charge is -2.33. The van der Waals surface area contributed by atoms with Crippen molar-refractivity contribution < 1.29 is 19.4 Å². The van der Waals surface area contributed by atoms with Crippen LogP contribution in [0, 0.1) is 17.8 Å². The van der Waals surface area contributed by atoms with E-state index in [1.54, 1.807) is 4.90 Å². The molecule has 0 saturated carbocycles. The number of carboxylic acids is 1. The average molecular weight is 284 g/mol. The van der Waals surface area contributed by atoms with E-state index in [1.807, 2.05) is 11.8 Å². The van der Waals surface area contributed by atoms with E-state index < -0.39 is 11.9 Å². The molecule has 6 heteroatoms. The number of carboxylic acid groups (broad SMARTS) is 1. The summed E-state index contributed by atoms with van der Waals surface area (Å²) in [6, 6.07) is -0.401. The summed E-state index contributed by atoms with van der Waals surface area (Å²) in [5.41, 5.74) is 0. The minimum Gasteiger partial charge on any atom is -0.481 e. The minimum atomic E-state index is -0.887. The summed E-state index contributed by atoms with van der Waals surface area (Å²) in [6.07, 6.45) is 0. The van der Waals surface area contributed by atoms with E-state index in [4.69, 9.17) is 4.74 Å². The molecule has 114 valence electrons. The Balaban J connectivity index is 2.08. The van der Waals surface area contributed by atoms with Crippen molar-refractivity contribution in [3.63, 3.8) is 0 Å². The Hall–Kier alpha value is -1.30. The van der Waals surface area contributed by atoms with Gasteiger partial charge in [0.05, 0.1) is 19.3 Å². The monoisotopic (exact) mass is 284 g/mol. The fraction of sp³-hybridized carbons (Fsp3) is 0.857. The first-order valence-corrected chi connectivity index (χ1v) is 7.31. The smallest absolute Gasteiger partial charge is 0.320 e. The maximum absolute atomic E-state index is 12.6. The van der Waals surface area contributed by atoms with Crippen molar-refractivity contribution in [3.8, 4) is 0 Å². The van der Waals surface area contributed by atoms with Gasteiger partial charge in [0.25, 0.3) is 0 Å². The van der Waals surface area contributed by atoms with E-state index >= 15 is 0 Å². The number of carbonyl (C=O) groups excluding carboxylic acids is 1. The van der Waals surface area contributed by atoms with Gasteiger partial charge in [0.1, 0.15) is 5.92 Å². The predicted octanol–water partition coefficient (Wildman–Crippen LogP) is 1.12. The molecule has 4 atom stereocenters. The molecule has 0 radical (unpaired) electrons. The van der Waals surface area contributed by atoms with Crippen molar-refractivity contribution in [2.45, 2.75) is 26.8 Å². The molecule has 0 aromatic carbocycles. The lowest BCUT2D eigenvalue weighted by atomic mass is 10.0. The number of likely N-dealkylation sites (N-methyl/N-ethyl adjacent to an activating group) is 1. The van der Waals surface area contributed by atoms with Gasteiger partial charge in [-0.15, -0.1) is 0 Å². The highest BCUT2D eigenvalue weighted by molar-refractivity contribution is 5.77. The molecule has 2 heterocycles. The third-order valence-corrected chi connectivity index (χ3v) is 4.61. The van der Waals surface area contributed by atoms with Crippen LogP contribution in [0.1, 0.15) is 20.8 Å². The van der Waals surface area contributed by atoms with Crippen molar-refractivity contribution in [2.24, 2.45) is 17.8 Å². The molecule has 2 amide bonds. The van der Waals surface area contributed by atoms with Gasteiger partial charge >= 0.3 is 12.0 Å². The molecule has 20 heavy (non-hydrogen) atoms. The highest BCUT2D eigenvalue weighted by atomic mass is 16.5. The Kier molecular flexibility index (Phi) is 4.52. The molecule has 0 bridgehead atoms. The van der Waals surface area contributed by atoms with E-state index in [2.05, 4.69) is 13.8 Å². The molecule has 2 fully saturated rings. The minimum absolute atomic E-state index is 0.0505. The maximum atomic E-state index is 12.6. The summed E-state index contributed by atoms with van der Waals surface area (Å²) < 4.78 is 5.28. The van der Waals surface area contributed by atoms with Gasteiger partial charge < -0.3 is 19.6 Å². The first-order valence-electron chi connectivity index (χ1n) is 7.31. The van der Waals surface area contributed by atoms with E-state index in [0.717, 1.165) is 13.1 Å². The molecule has 0 aliphatic carbocycles. The summed E-state index contributed by atoms with van der Waals surface area (Å²) >= 11 is 0. The molecular weight excluding hydrogens is 260 g/mol. The maximum Gasteiger partial charge on any atom is 0.320 e. The second kappa shape index (κ2) is 5.99. The van der Waals surface area contributed by atoms with Gasteiger partial charge in [-0.2, -0.15) is 0 Å². The molecule has 2 aliphatic rings. The predicted molar refractivity (Wildman–Crippen MR) is 73.4 cm³/mol. The van der Waals surface area contributed by atoms with Crippen molar-refractivity contribution >= 4 is 12.0 Å². The Bertz CT molecular complexity index is 377. The first kappa shape index (κ1) is 15.1. The molecular formula is C14H24N2O4. The van der Waals surface area contributed by atoms with Crippen LogP contribution in [0.15, 0.2) is 0 Å². The summed E-state index contributed by atoms with van der Waals surface area (Å²) in [5, 5.41) is 9.23. The molecule has 0 spiro atoms. The number of ether oxygens (including phenoxy) is 1. The van der Waals surface area contributed by atoms with Crippen molar-refractivity contribution in [1.82, 2.24) is 9.80 Å². The Morgan fingerprint density at radius 3 is 2.35 bits per heavy atom. The number of urea groups is 1.